The lowest BCUT2D eigenvalue weighted by Gasteiger charge is -2.31. The Kier molecular flexibility index (Phi) is 6.84. The van der Waals surface area contributed by atoms with Gasteiger partial charge in [-0.1, -0.05) is 30.3 Å². The van der Waals surface area contributed by atoms with Crippen molar-refractivity contribution in [2.75, 3.05) is 27.3 Å². The summed E-state index contributed by atoms with van der Waals surface area (Å²) in [5.74, 6) is 0.763. The average Bonchev–Trinajstić information content (AvgIpc) is 2.78. The number of ether oxygens (including phenoxy) is 2. The van der Waals surface area contributed by atoms with Crippen molar-refractivity contribution in [3.05, 3.63) is 59.7 Å². The third kappa shape index (κ3) is 5.34. The predicted octanol–water partition coefficient (Wildman–Crippen LogP) is 2.71. The zero-order valence-electron chi connectivity index (χ0n) is 16.6. The van der Waals surface area contributed by atoms with E-state index in [1.807, 2.05) is 30.3 Å². The van der Waals surface area contributed by atoms with Crippen LogP contribution in [-0.2, 0) is 4.79 Å². The van der Waals surface area contributed by atoms with E-state index in [1.54, 1.807) is 43.5 Å². The number of rotatable bonds is 6. The van der Waals surface area contributed by atoms with Gasteiger partial charge >= 0.3 is 0 Å². The van der Waals surface area contributed by atoms with Gasteiger partial charge in [-0.05, 0) is 30.5 Å². The van der Waals surface area contributed by atoms with Crippen LogP contribution in [0.15, 0.2) is 53.6 Å². The first kappa shape index (κ1) is 20.4. The van der Waals surface area contributed by atoms with Crippen molar-refractivity contribution in [1.29, 1.82) is 0 Å². The number of carbonyl (C=O) groups is 2. The second-order valence-corrected chi connectivity index (χ2v) is 6.81. The number of hydrazone groups is 1. The normalized spacial score (nSPS) is 14.6. The molecule has 0 aliphatic carbocycles. The van der Waals surface area contributed by atoms with Gasteiger partial charge in [0.15, 0.2) is 0 Å². The van der Waals surface area contributed by atoms with E-state index in [4.69, 9.17) is 9.47 Å². The van der Waals surface area contributed by atoms with Crippen LogP contribution in [0.5, 0.6) is 11.5 Å². The lowest BCUT2D eigenvalue weighted by molar-refractivity contribution is -0.126. The number of likely N-dealkylation sites (tertiary alicyclic amines) is 1. The quantitative estimate of drug-likeness (QED) is 0.602. The highest BCUT2D eigenvalue weighted by molar-refractivity contribution is 5.95. The van der Waals surface area contributed by atoms with E-state index in [0.29, 0.717) is 43.0 Å². The van der Waals surface area contributed by atoms with E-state index < -0.39 is 0 Å². The first-order valence-electron chi connectivity index (χ1n) is 9.51. The summed E-state index contributed by atoms with van der Waals surface area (Å²) in [5.41, 5.74) is 4.03. The fourth-order valence-electron chi connectivity index (χ4n) is 3.26. The zero-order chi connectivity index (χ0) is 20.6. The highest BCUT2D eigenvalue weighted by Crippen LogP contribution is 2.25. The molecule has 1 fully saturated rings. The van der Waals surface area contributed by atoms with Gasteiger partial charge < -0.3 is 14.4 Å². The molecule has 152 valence electrons. The predicted molar refractivity (Wildman–Crippen MR) is 110 cm³/mol. The van der Waals surface area contributed by atoms with Crippen LogP contribution in [0.4, 0.5) is 0 Å². The Morgan fingerprint density at radius 2 is 1.66 bits per heavy atom. The van der Waals surface area contributed by atoms with E-state index in [0.717, 1.165) is 5.56 Å². The summed E-state index contributed by atoms with van der Waals surface area (Å²) >= 11 is 0. The number of nitrogens with one attached hydrogen (secondary N) is 1. The summed E-state index contributed by atoms with van der Waals surface area (Å²) < 4.78 is 10.5. The van der Waals surface area contributed by atoms with Gasteiger partial charge in [-0.15, -0.1) is 0 Å². The smallest absolute Gasteiger partial charge is 0.254 e. The molecule has 0 unspecified atom stereocenters. The van der Waals surface area contributed by atoms with Crippen molar-refractivity contribution in [2.24, 2.45) is 11.0 Å². The molecule has 1 saturated heterocycles. The van der Waals surface area contributed by atoms with Gasteiger partial charge in [0.05, 0.1) is 20.4 Å². The summed E-state index contributed by atoms with van der Waals surface area (Å²) in [6, 6.07) is 14.7. The molecule has 0 bridgehead atoms. The minimum atomic E-state index is -0.160. The molecular weight excluding hydrogens is 370 g/mol. The molecule has 0 atom stereocenters. The summed E-state index contributed by atoms with van der Waals surface area (Å²) in [4.78, 5) is 26.9. The maximum Gasteiger partial charge on any atom is 0.254 e. The standard InChI is InChI=1S/C22H25N3O4/c1-28-19-12-18(13-20(14-19)29-2)22(27)25-10-8-17(9-11-25)21(26)24-23-15-16-6-4-3-5-7-16/h3-7,12-15,17H,8-11H2,1-2H3,(H,24,26)/b23-15-. The minimum Gasteiger partial charge on any atom is -0.497 e. The number of benzene rings is 2. The van der Waals surface area contributed by atoms with Crippen LogP contribution in [0.3, 0.4) is 0 Å². The van der Waals surface area contributed by atoms with Crippen LogP contribution in [0.25, 0.3) is 0 Å². The highest BCUT2D eigenvalue weighted by atomic mass is 16.5. The number of hydrogen-bond acceptors (Lipinski definition) is 5. The summed E-state index contributed by atoms with van der Waals surface area (Å²) in [6.45, 7) is 1.03. The van der Waals surface area contributed by atoms with Gasteiger partial charge in [-0.2, -0.15) is 5.10 Å². The van der Waals surface area contributed by atoms with Crippen LogP contribution < -0.4 is 14.9 Å². The Labute approximate surface area is 170 Å². The molecule has 1 N–H and O–H groups in total. The van der Waals surface area contributed by atoms with Gasteiger partial charge in [-0.3, -0.25) is 9.59 Å². The van der Waals surface area contributed by atoms with E-state index in [1.165, 1.54) is 0 Å². The Bertz CT molecular complexity index is 853. The Morgan fingerprint density at radius 1 is 1.03 bits per heavy atom. The SMILES string of the molecule is COc1cc(OC)cc(C(=O)N2CCC(C(=O)N/N=C\c3ccccc3)CC2)c1. The third-order valence-corrected chi connectivity index (χ3v) is 4.94. The number of amides is 2. The van der Waals surface area contributed by atoms with Crippen LogP contribution in [0.2, 0.25) is 0 Å². The summed E-state index contributed by atoms with van der Waals surface area (Å²) in [6.07, 6.45) is 2.81. The monoisotopic (exact) mass is 395 g/mol. The van der Waals surface area contributed by atoms with E-state index in [-0.39, 0.29) is 17.7 Å². The number of carbonyl (C=O) groups excluding carboxylic acids is 2. The number of methoxy groups -OCH3 is 2. The van der Waals surface area contributed by atoms with Crippen molar-refractivity contribution in [2.45, 2.75) is 12.8 Å². The van der Waals surface area contributed by atoms with Crippen LogP contribution in [0, 0.1) is 5.92 Å². The Balaban J connectivity index is 1.54. The van der Waals surface area contributed by atoms with Gasteiger partial charge in [-0.25, -0.2) is 5.43 Å². The molecule has 1 aliphatic heterocycles. The first-order valence-corrected chi connectivity index (χ1v) is 9.51. The molecule has 2 aromatic carbocycles. The van der Waals surface area contributed by atoms with Gasteiger partial charge in [0.1, 0.15) is 11.5 Å². The molecule has 0 radical (unpaired) electrons. The van der Waals surface area contributed by atoms with Crippen LogP contribution in [0.1, 0.15) is 28.8 Å². The topological polar surface area (TPSA) is 80.2 Å². The van der Waals surface area contributed by atoms with Gasteiger partial charge in [0.2, 0.25) is 5.91 Å². The lowest BCUT2D eigenvalue weighted by atomic mass is 9.95. The molecule has 1 heterocycles. The Morgan fingerprint density at radius 3 is 2.24 bits per heavy atom. The number of piperidine rings is 1. The van der Waals surface area contributed by atoms with Crippen molar-refractivity contribution in [3.63, 3.8) is 0 Å². The number of hydrogen-bond donors (Lipinski definition) is 1. The molecule has 1 aliphatic rings. The molecule has 7 nitrogen and oxygen atoms in total. The van der Waals surface area contributed by atoms with Crippen molar-refractivity contribution >= 4 is 18.0 Å². The van der Waals surface area contributed by atoms with E-state index in [9.17, 15) is 9.59 Å². The molecule has 0 saturated carbocycles. The zero-order valence-corrected chi connectivity index (χ0v) is 16.6. The first-order chi connectivity index (χ1) is 14.1. The van der Waals surface area contributed by atoms with Crippen molar-refractivity contribution < 1.29 is 19.1 Å². The third-order valence-electron chi connectivity index (χ3n) is 4.94. The van der Waals surface area contributed by atoms with Gasteiger partial charge in [0, 0.05) is 30.6 Å². The van der Waals surface area contributed by atoms with Gasteiger partial charge in [0.25, 0.3) is 5.91 Å². The lowest BCUT2D eigenvalue weighted by Crippen LogP contribution is -2.42. The molecule has 2 aromatic rings. The molecule has 2 amide bonds. The summed E-state index contributed by atoms with van der Waals surface area (Å²) in [7, 11) is 3.10. The van der Waals surface area contributed by atoms with Crippen molar-refractivity contribution in [1.82, 2.24) is 10.3 Å². The maximum absolute atomic E-state index is 12.8. The average molecular weight is 395 g/mol. The summed E-state index contributed by atoms with van der Waals surface area (Å²) in [5, 5.41) is 4.02. The van der Waals surface area contributed by atoms with Crippen LogP contribution in [-0.4, -0.2) is 50.2 Å². The fourth-order valence-corrected chi connectivity index (χ4v) is 3.26. The molecular formula is C22H25N3O4. The van der Waals surface area contributed by atoms with Crippen LogP contribution >= 0.6 is 0 Å². The number of nitrogens with zero attached hydrogens (tertiary/aromatic N) is 2. The van der Waals surface area contributed by atoms with E-state index in [2.05, 4.69) is 10.5 Å². The minimum absolute atomic E-state index is 0.0943. The largest absolute Gasteiger partial charge is 0.497 e. The molecule has 0 spiro atoms. The van der Waals surface area contributed by atoms with E-state index >= 15 is 0 Å². The highest BCUT2D eigenvalue weighted by Gasteiger charge is 2.28. The van der Waals surface area contributed by atoms with Crippen molar-refractivity contribution in [3.8, 4) is 11.5 Å². The molecule has 3 rings (SSSR count). The molecule has 7 heteroatoms. The molecule has 29 heavy (non-hydrogen) atoms. The fraction of sp³-hybridized carbons (Fsp3) is 0.318. The molecule has 0 aromatic heterocycles. The Hall–Kier alpha value is -3.35. The second kappa shape index (κ2) is 9.73. The second-order valence-electron chi connectivity index (χ2n) is 6.81. The maximum atomic E-state index is 12.8.